The fourth-order valence-electron chi connectivity index (χ4n) is 8.28. The summed E-state index contributed by atoms with van der Waals surface area (Å²) >= 11 is 0. The number of aliphatic imine (C=N–C) groups is 2. The summed E-state index contributed by atoms with van der Waals surface area (Å²) in [6, 6.07) is -14.1. The molecule has 0 saturated carbocycles. The van der Waals surface area contributed by atoms with E-state index in [0.29, 0.717) is 6.42 Å². The van der Waals surface area contributed by atoms with Crippen LogP contribution in [0.25, 0.3) is 0 Å². The molecule has 0 aromatic carbocycles. The van der Waals surface area contributed by atoms with Crippen molar-refractivity contribution in [3.05, 3.63) is 0 Å². The molecule has 84 heavy (non-hydrogen) atoms. The third-order valence-corrected chi connectivity index (χ3v) is 12.8. The molecule has 31 heteroatoms. The molecule has 0 rings (SSSR count). The van der Waals surface area contributed by atoms with Gasteiger partial charge in [0, 0.05) is 13.1 Å². The zero-order valence-corrected chi connectivity index (χ0v) is 50.5. The lowest BCUT2D eigenvalue weighted by Crippen LogP contribution is -2.61. The fourth-order valence-corrected chi connectivity index (χ4v) is 8.28. The second kappa shape index (κ2) is 38.8. The van der Waals surface area contributed by atoms with Crippen LogP contribution in [0.3, 0.4) is 0 Å². The van der Waals surface area contributed by atoms with Crippen molar-refractivity contribution < 1.29 is 67.7 Å². The topological polar surface area (TPSA) is 534 Å². The minimum atomic E-state index is -1.76. The summed E-state index contributed by atoms with van der Waals surface area (Å²) in [6.07, 6.45) is -0.903. The Morgan fingerprint density at radius 3 is 1.15 bits per heavy atom. The highest BCUT2D eigenvalue weighted by atomic mass is 16.4. The Bertz CT molecular complexity index is 2290. The molecule has 0 aromatic heterocycles. The first-order valence-electron chi connectivity index (χ1n) is 28.3. The Labute approximate surface area is 491 Å². The lowest BCUT2D eigenvalue weighted by Gasteiger charge is -2.29. The van der Waals surface area contributed by atoms with Crippen molar-refractivity contribution in [2.75, 3.05) is 13.1 Å². The number of carbonyl (C=O) groups excluding carboxylic acids is 10. The maximum atomic E-state index is 14.2. The summed E-state index contributed by atoms with van der Waals surface area (Å²) in [5.41, 5.74) is 33.2. The zero-order valence-electron chi connectivity index (χ0n) is 50.5. The molecule has 0 aliphatic heterocycles. The molecule has 0 aliphatic rings. The standard InChI is InChI=1S/C53H97N17O14/c1-12-29(10)41(70-49(81)37(24-40(72)73)68-46(78)34(20-26(4)5)65-43(75)31(54)15-13-17-60-52(56)57)50(82)62-30(11)42(74)64-33(19-25(2)3)45(77)63-32(16-14-18-61-53(58)59)44(76)67-36(23-39(55)71)48(80)66-35(21-27(6)7)47(79)69-38(51(83)84)22-28(8)9/h25-38,41H,12-24,54H2,1-11H3,(H2,55,71)(H,62,82)(H,63,77)(H,64,74)(H,65,75)(H,66,80)(H,67,76)(H,68,78)(H,69,79)(H,70,81)(H,72,73)(H,83,84)(H4,56,57,60)(H4,58,59,61)/t29-,30-,31-,32-,33-,34-,35-,36-,37-,38-,41-/m0/s1. The molecule has 0 saturated heterocycles. The van der Waals surface area contributed by atoms with Crippen molar-refractivity contribution in [2.24, 2.45) is 74.0 Å². The first-order valence-corrected chi connectivity index (χ1v) is 28.3. The molecule has 10 amide bonds. The highest BCUT2D eigenvalue weighted by Gasteiger charge is 2.37. The van der Waals surface area contributed by atoms with Crippen LogP contribution >= 0.6 is 0 Å². The van der Waals surface area contributed by atoms with E-state index in [-0.39, 0.29) is 100 Å². The van der Waals surface area contributed by atoms with E-state index in [0.717, 1.165) is 0 Å². The molecule has 0 radical (unpaired) electrons. The van der Waals surface area contributed by atoms with Gasteiger partial charge in [0.2, 0.25) is 59.1 Å². The third-order valence-electron chi connectivity index (χ3n) is 12.8. The monoisotopic (exact) mass is 1200 g/mol. The summed E-state index contributed by atoms with van der Waals surface area (Å²) in [5, 5.41) is 42.0. The van der Waals surface area contributed by atoms with Gasteiger partial charge >= 0.3 is 11.9 Å². The van der Waals surface area contributed by atoms with Crippen LogP contribution in [-0.2, 0) is 57.5 Å². The lowest BCUT2D eigenvalue weighted by molar-refractivity contribution is -0.143. The molecule has 0 spiro atoms. The highest BCUT2D eigenvalue weighted by molar-refractivity contribution is 6.00. The van der Waals surface area contributed by atoms with E-state index in [1.165, 1.54) is 6.92 Å². The molecular formula is C53H97N17O14. The first-order chi connectivity index (χ1) is 39.0. The molecule has 0 bridgehead atoms. The summed E-state index contributed by atoms with van der Waals surface area (Å²) in [5.74, 6) is -13.9. The van der Waals surface area contributed by atoms with Gasteiger partial charge in [-0.2, -0.15) is 0 Å². The maximum Gasteiger partial charge on any atom is 0.326 e. The number of hydrogen-bond acceptors (Lipinski definition) is 15. The molecule has 0 aromatic rings. The van der Waals surface area contributed by atoms with Crippen LogP contribution in [0.15, 0.2) is 9.98 Å². The van der Waals surface area contributed by atoms with Gasteiger partial charge in [-0.25, -0.2) is 4.79 Å². The van der Waals surface area contributed by atoms with Crippen LogP contribution in [0.4, 0.5) is 0 Å². The van der Waals surface area contributed by atoms with Crippen molar-refractivity contribution in [1.82, 2.24) is 47.9 Å². The lowest BCUT2D eigenvalue weighted by atomic mass is 9.97. The predicted octanol–water partition coefficient (Wildman–Crippen LogP) is -3.53. The average molecular weight is 1200 g/mol. The second-order valence-electron chi connectivity index (χ2n) is 22.7. The third kappa shape index (κ3) is 31.5. The number of amides is 10. The van der Waals surface area contributed by atoms with Crippen molar-refractivity contribution in [1.29, 1.82) is 0 Å². The van der Waals surface area contributed by atoms with Gasteiger partial charge in [-0.05, 0) is 87.9 Å². The van der Waals surface area contributed by atoms with Crippen molar-refractivity contribution in [3.63, 3.8) is 0 Å². The molecule has 0 heterocycles. The number of aliphatic carboxylic acids is 2. The molecule has 0 unspecified atom stereocenters. The van der Waals surface area contributed by atoms with Crippen LogP contribution in [0.2, 0.25) is 0 Å². The van der Waals surface area contributed by atoms with E-state index >= 15 is 0 Å². The van der Waals surface area contributed by atoms with Crippen LogP contribution < -0.4 is 82.3 Å². The summed E-state index contributed by atoms with van der Waals surface area (Å²) < 4.78 is 0. The van der Waals surface area contributed by atoms with Gasteiger partial charge in [0.1, 0.15) is 54.4 Å². The van der Waals surface area contributed by atoms with E-state index in [1.54, 1.807) is 69.2 Å². The number of primary amides is 1. The van der Waals surface area contributed by atoms with Crippen LogP contribution in [0, 0.1) is 29.6 Å². The Balaban J connectivity index is 6.69. The van der Waals surface area contributed by atoms with Gasteiger partial charge in [-0.1, -0.05) is 75.7 Å². The molecule has 31 nitrogen and oxygen atoms in total. The van der Waals surface area contributed by atoms with Crippen LogP contribution in [-0.4, -0.2) is 167 Å². The predicted molar refractivity (Wildman–Crippen MR) is 312 cm³/mol. The molecule has 478 valence electrons. The molecule has 0 aliphatic carbocycles. The number of nitrogens with one attached hydrogen (secondary N) is 9. The van der Waals surface area contributed by atoms with E-state index in [9.17, 15) is 67.7 Å². The van der Waals surface area contributed by atoms with E-state index in [4.69, 9.17) is 34.4 Å². The SMILES string of the molecule is CC[C@H](C)[C@H](NC(=O)[C@H](CC(=O)O)NC(=O)[C@H](CC(C)C)NC(=O)[C@@H](N)CCCN=C(N)N)C(=O)N[C@@H](C)C(=O)N[C@@H](CC(C)C)C(=O)N[C@@H](CCCN=C(N)N)C(=O)N[C@@H](CC(N)=O)C(=O)N[C@@H](CC(C)C)C(=O)N[C@@H](CC(C)C)C(=O)O. The number of nitrogens with zero attached hydrogens (tertiary/aromatic N) is 2. The Morgan fingerprint density at radius 2 is 0.750 bits per heavy atom. The molecule has 11 atom stereocenters. The number of rotatable bonds is 41. The number of carbonyl (C=O) groups is 12. The van der Waals surface area contributed by atoms with Crippen LogP contribution in [0.1, 0.15) is 147 Å². The highest BCUT2D eigenvalue weighted by Crippen LogP contribution is 2.14. The Kier molecular flexibility index (Phi) is 35.2. The van der Waals surface area contributed by atoms with Crippen molar-refractivity contribution in [2.45, 2.75) is 207 Å². The largest absolute Gasteiger partial charge is 0.481 e. The minimum Gasteiger partial charge on any atom is -0.481 e. The van der Waals surface area contributed by atoms with E-state index in [2.05, 4.69) is 57.8 Å². The Morgan fingerprint density at radius 1 is 0.405 bits per heavy atom. The van der Waals surface area contributed by atoms with Gasteiger partial charge in [-0.15, -0.1) is 0 Å². The molecule has 0 fully saturated rings. The van der Waals surface area contributed by atoms with Crippen molar-refractivity contribution in [3.8, 4) is 0 Å². The maximum absolute atomic E-state index is 14.2. The molecule has 23 N–H and O–H groups in total. The van der Waals surface area contributed by atoms with Gasteiger partial charge in [-0.3, -0.25) is 62.7 Å². The number of carboxylic acid groups (broad SMARTS) is 2. The van der Waals surface area contributed by atoms with Gasteiger partial charge in [0.05, 0.1) is 18.9 Å². The fraction of sp³-hybridized carbons (Fsp3) is 0.736. The summed E-state index contributed by atoms with van der Waals surface area (Å²) in [4.78, 5) is 168. The van der Waals surface area contributed by atoms with Gasteiger partial charge in [0.25, 0.3) is 0 Å². The van der Waals surface area contributed by atoms with E-state index in [1.807, 2.05) is 0 Å². The smallest absolute Gasteiger partial charge is 0.326 e. The minimum absolute atomic E-state index is 0.0232. The number of nitrogens with two attached hydrogens (primary N) is 6. The van der Waals surface area contributed by atoms with Gasteiger partial charge < -0.3 is 92.5 Å². The quantitative estimate of drug-likeness (QED) is 0.0160. The van der Waals surface area contributed by atoms with Gasteiger partial charge in [0.15, 0.2) is 11.9 Å². The summed E-state index contributed by atoms with van der Waals surface area (Å²) in [7, 11) is 0. The zero-order chi connectivity index (χ0) is 64.7. The molecular weight excluding hydrogens is 1100 g/mol. The van der Waals surface area contributed by atoms with Crippen LogP contribution in [0.5, 0.6) is 0 Å². The first kappa shape index (κ1) is 76.1. The number of carboxylic acids is 2. The normalized spacial score (nSPS) is 15.1. The second-order valence-corrected chi connectivity index (χ2v) is 22.7. The van der Waals surface area contributed by atoms with Crippen molar-refractivity contribution >= 4 is 82.9 Å². The van der Waals surface area contributed by atoms with E-state index < -0.39 is 150 Å². The Hall–Kier alpha value is -7.86. The number of hydrogen-bond donors (Lipinski definition) is 17. The summed E-state index contributed by atoms with van der Waals surface area (Å²) in [6.45, 7) is 18.8. The number of guanidine groups is 2. The average Bonchev–Trinajstić information content (AvgIpc) is 3.48.